The number of pyridine rings is 1. The number of fused-ring (bicyclic) bond motifs is 1. The van der Waals surface area contributed by atoms with Gasteiger partial charge in [-0.2, -0.15) is 18.3 Å². The maximum Gasteiger partial charge on any atom is 0.416 e. The fraction of sp³-hybridized carbons (Fsp3) is 0.409. The molecule has 10 heteroatoms. The number of phenolic OH excluding ortho intramolecular Hbond substituents is 1. The highest BCUT2D eigenvalue weighted by Gasteiger charge is 2.32. The first-order valence-corrected chi connectivity index (χ1v) is 10.3. The normalized spacial score (nSPS) is 18.4. The number of aryl methyl sites for hydroxylation is 1. The van der Waals surface area contributed by atoms with Gasteiger partial charge in [0, 0.05) is 37.0 Å². The van der Waals surface area contributed by atoms with E-state index < -0.39 is 17.5 Å². The van der Waals surface area contributed by atoms with Gasteiger partial charge in [0.25, 0.3) is 0 Å². The summed E-state index contributed by atoms with van der Waals surface area (Å²) in [6.07, 6.45) is -3.52. The molecule has 1 aliphatic rings. The molecule has 7 nitrogen and oxygen atoms in total. The number of carbonyl (C=O) groups is 1. The number of likely N-dealkylation sites (N-methyl/N-ethyl adjacent to an activating group) is 1. The number of piperidine rings is 1. The summed E-state index contributed by atoms with van der Waals surface area (Å²) in [4.78, 5) is 18.1. The van der Waals surface area contributed by atoms with Gasteiger partial charge in [0.05, 0.1) is 23.0 Å². The van der Waals surface area contributed by atoms with Crippen LogP contribution in [-0.2, 0) is 11.0 Å². The molecule has 32 heavy (non-hydrogen) atoms. The third-order valence-corrected chi connectivity index (χ3v) is 5.88. The molecular formula is C22H24F3N5O2. The van der Waals surface area contributed by atoms with Crippen molar-refractivity contribution in [2.24, 2.45) is 5.73 Å². The van der Waals surface area contributed by atoms with Crippen LogP contribution < -0.4 is 5.73 Å². The summed E-state index contributed by atoms with van der Waals surface area (Å²) >= 11 is 0. The number of alkyl halides is 3. The molecule has 0 spiro atoms. The zero-order valence-electron chi connectivity index (χ0n) is 17.9. The van der Waals surface area contributed by atoms with Crippen LogP contribution in [0, 0.1) is 6.92 Å². The Morgan fingerprint density at radius 3 is 2.59 bits per heavy atom. The van der Waals surface area contributed by atoms with Crippen molar-refractivity contribution < 1.29 is 23.1 Å². The topological polar surface area (TPSA) is 97.3 Å². The number of carbonyl (C=O) groups excluding carboxylic acids is 1. The molecule has 1 saturated heterocycles. The molecule has 3 heterocycles. The van der Waals surface area contributed by atoms with E-state index in [2.05, 4.69) is 10.1 Å². The highest BCUT2D eigenvalue weighted by atomic mass is 19.4. The molecular weight excluding hydrogens is 423 g/mol. The van der Waals surface area contributed by atoms with Gasteiger partial charge in [-0.1, -0.05) is 0 Å². The average molecular weight is 447 g/mol. The van der Waals surface area contributed by atoms with Crippen LogP contribution in [0.5, 0.6) is 5.75 Å². The molecule has 4 rings (SSSR count). The van der Waals surface area contributed by atoms with Crippen LogP contribution in [0.15, 0.2) is 24.3 Å². The van der Waals surface area contributed by atoms with Gasteiger partial charge in [0.1, 0.15) is 5.75 Å². The molecule has 0 bridgehead atoms. The molecule has 3 N–H and O–H groups in total. The van der Waals surface area contributed by atoms with E-state index in [4.69, 9.17) is 5.73 Å². The van der Waals surface area contributed by atoms with Crippen molar-refractivity contribution in [2.45, 2.75) is 44.9 Å². The molecule has 1 aliphatic heterocycles. The maximum absolute atomic E-state index is 13.1. The summed E-state index contributed by atoms with van der Waals surface area (Å²) in [5.41, 5.74) is 7.27. The Morgan fingerprint density at radius 2 is 2.00 bits per heavy atom. The molecule has 0 saturated carbocycles. The lowest BCUT2D eigenvalue weighted by atomic mass is 9.99. The van der Waals surface area contributed by atoms with Crippen molar-refractivity contribution in [3.05, 3.63) is 41.1 Å². The van der Waals surface area contributed by atoms with Crippen LogP contribution in [0.4, 0.5) is 13.2 Å². The Labute approximate surface area is 182 Å². The number of aromatic hydroxyl groups is 1. The minimum Gasteiger partial charge on any atom is -0.507 e. The van der Waals surface area contributed by atoms with Crippen molar-refractivity contribution >= 4 is 16.9 Å². The lowest BCUT2D eigenvalue weighted by Gasteiger charge is -2.31. The number of aromatic nitrogens is 3. The first kappa shape index (κ1) is 22.1. The predicted molar refractivity (Wildman–Crippen MR) is 113 cm³/mol. The van der Waals surface area contributed by atoms with Gasteiger partial charge in [-0.3, -0.25) is 9.48 Å². The molecule has 2 aromatic heterocycles. The quantitative estimate of drug-likeness (QED) is 0.634. The third-order valence-electron chi connectivity index (χ3n) is 5.88. The lowest BCUT2D eigenvalue weighted by molar-refractivity contribution is -0.137. The zero-order valence-corrected chi connectivity index (χ0v) is 17.9. The third kappa shape index (κ3) is 3.79. The fourth-order valence-corrected chi connectivity index (χ4v) is 4.33. The number of hydrogen-bond acceptors (Lipinski definition) is 5. The molecule has 2 atom stereocenters. The van der Waals surface area contributed by atoms with Crippen LogP contribution in [-0.4, -0.2) is 44.3 Å². The van der Waals surface area contributed by atoms with Crippen molar-refractivity contribution in [1.82, 2.24) is 19.7 Å². The molecule has 0 radical (unpaired) electrons. The SMILES string of the molecule is Cc1cc(C(F)(F)F)cc(O)c1-c1ccc2c([C@H](C)N)n(C3CCC(=O)N(C)C3)nc2n1. The van der Waals surface area contributed by atoms with Crippen molar-refractivity contribution in [2.75, 3.05) is 13.6 Å². The number of hydrogen-bond donors (Lipinski definition) is 2. The molecule has 0 aliphatic carbocycles. The van der Waals surface area contributed by atoms with Gasteiger partial charge < -0.3 is 15.7 Å². The molecule has 170 valence electrons. The highest BCUT2D eigenvalue weighted by molar-refractivity contribution is 5.83. The highest BCUT2D eigenvalue weighted by Crippen LogP contribution is 2.39. The first-order valence-electron chi connectivity index (χ1n) is 10.3. The largest absolute Gasteiger partial charge is 0.507 e. The lowest BCUT2D eigenvalue weighted by Crippen LogP contribution is -2.39. The zero-order chi connectivity index (χ0) is 23.4. The van der Waals surface area contributed by atoms with Crippen molar-refractivity contribution in [3.8, 4) is 17.0 Å². The number of amides is 1. The molecule has 1 unspecified atom stereocenters. The number of likely N-dealkylation sites (tertiary alicyclic amines) is 1. The Bertz CT molecular complexity index is 1180. The van der Waals surface area contributed by atoms with E-state index in [1.807, 2.05) is 11.6 Å². The second-order valence-electron chi connectivity index (χ2n) is 8.34. The summed E-state index contributed by atoms with van der Waals surface area (Å²) in [6.45, 7) is 3.83. The molecule has 3 aromatic rings. The van der Waals surface area contributed by atoms with E-state index in [1.54, 1.807) is 24.1 Å². The van der Waals surface area contributed by atoms with Gasteiger partial charge in [-0.15, -0.1) is 0 Å². The Hall–Kier alpha value is -3.14. The number of halogens is 3. The van der Waals surface area contributed by atoms with Crippen LogP contribution in [0.25, 0.3) is 22.3 Å². The Kier molecular flexibility index (Phi) is 5.36. The number of nitrogens with zero attached hydrogens (tertiary/aromatic N) is 4. The van der Waals surface area contributed by atoms with Crippen LogP contribution in [0.1, 0.15) is 48.7 Å². The van der Waals surface area contributed by atoms with Crippen LogP contribution in [0.3, 0.4) is 0 Å². The summed E-state index contributed by atoms with van der Waals surface area (Å²) in [5.74, 6) is -0.419. The monoisotopic (exact) mass is 447 g/mol. The molecule has 1 amide bonds. The fourth-order valence-electron chi connectivity index (χ4n) is 4.33. The van der Waals surface area contributed by atoms with E-state index in [0.717, 1.165) is 17.1 Å². The first-order chi connectivity index (χ1) is 15.0. The summed E-state index contributed by atoms with van der Waals surface area (Å²) < 4.78 is 41.0. The Balaban J connectivity index is 1.81. The van der Waals surface area contributed by atoms with Gasteiger partial charge in [0.15, 0.2) is 5.65 Å². The number of benzene rings is 1. The van der Waals surface area contributed by atoms with Gasteiger partial charge in [-0.05, 0) is 50.1 Å². The standard InChI is InChI=1S/C22H24F3N5O2/c1-11-8-13(22(23,24)25)9-17(31)19(11)16-6-5-15-20(12(2)26)30(28-21(15)27-16)14-4-7-18(32)29(3)10-14/h5-6,8-9,12,14,31H,4,7,10,26H2,1-3H3/t12-,14?/m0/s1. The van der Waals surface area contributed by atoms with Crippen LogP contribution >= 0.6 is 0 Å². The van der Waals surface area contributed by atoms with Gasteiger partial charge >= 0.3 is 6.18 Å². The average Bonchev–Trinajstić information content (AvgIpc) is 3.08. The minimum absolute atomic E-state index is 0.0578. The van der Waals surface area contributed by atoms with Crippen LogP contribution in [0.2, 0.25) is 0 Å². The maximum atomic E-state index is 13.1. The van der Waals surface area contributed by atoms with E-state index in [1.165, 1.54) is 6.92 Å². The van der Waals surface area contributed by atoms with Gasteiger partial charge in [0.2, 0.25) is 5.91 Å². The smallest absolute Gasteiger partial charge is 0.416 e. The minimum atomic E-state index is -4.56. The summed E-state index contributed by atoms with van der Waals surface area (Å²) in [6, 6.07) is 4.70. The molecule has 1 fully saturated rings. The number of nitrogens with two attached hydrogens (primary N) is 1. The van der Waals surface area contributed by atoms with E-state index >= 15 is 0 Å². The number of phenols is 1. The Morgan fingerprint density at radius 1 is 1.28 bits per heavy atom. The van der Waals surface area contributed by atoms with E-state index in [9.17, 15) is 23.1 Å². The van der Waals surface area contributed by atoms with E-state index in [0.29, 0.717) is 36.8 Å². The second kappa shape index (κ2) is 7.77. The summed E-state index contributed by atoms with van der Waals surface area (Å²) in [7, 11) is 1.75. The predicted octanol–water partition coefficient (Wildman–Crippen LogP) is 3.94. The molecule has 1 aromatic carbocycles. The van der Waals surface area contributed by atoms with Crippen molar-refractivity contribution in [3.63, 3.8) is 0 Å². The second-order valence-corrected chi connectivity index (χ2v) is 8.34. The van der Waals surface area contributed by atoms with E-state index in [-0.39, 0.29) is 29.1 Å². The van der Waals surface area contributed by atoms with Crippen molar-refractivity contribution in [1.29, 1.82) is 0 Å². The number of rotatable bonds is 3. The summed E-state index contributed by atoms with van der Waals surface area (Å²) in [5, 5.41) is 15.7. The van der Waals surface area contributed by atoms with Gasteiger partial charge in [-0.25, -0.2) is 4.98 Å².